The zero-order valence-corrected chi connectivity index (χ0v) is 9.88. The maximum absolute atomic E-state index is 3.99. The summed E-state index contributed by atoms with van der Waals surface area (Å²) in [7, 11) is 0. The lowest BCUT2D eigenvalue weighted by atomic mass is 9.94. The van der Waals surface area contributed by atoms with Crippen molar-refractivity contribution in [3.05, 3.63) is 0 Å². The van der Waals surface area contributed by atoms with Crippen LogP contribution in [0.4, 0.5) is 0 Å². The van der Waals surface area contributed by atoms with Crippen LogP contribution in [0.3, 0.4) is 0 Å². The van der Waals surface area contributed by atoms with Gasteiger partial charge in [-0.15, -0.1) is 0 Å². The predicted octanol–water partition coefficient (Wildman–Crippen LogP) is 3.49. The summed E-state index contributed by atoms with van der Waals surface area (Å²) in [6, 6.07) is 1.78. The highest BCUT2D eigenvalue weighted by molar-refractivity contribution is 4.95. The third-order valence-electron chi connectivity index (χ3n) is 5.04. The highest BCUT2D eigenvalue weighted by atomic mass is 15.0. The minimum Gasteiger partial charge on any atom is -0.311 e. The van der Waals surface area contributed by atoms with Crippen LogP contribution < -0.4 is 5.32 Å². The molecule has 0 aromatic heterocycles. The molecule has 3 fully saturated rings. The Morgan fingerprint density at radius 2 is 1.53 bits per heavy atom. The molecule has 0 amide bonds. The Bertz CT molecular complexity index is 205. The Morgan fingerprint density at radius 1 is 0.733 bits per heavy atom. The summed E-state index contributed by atoms with van der Waals surface area (Å²) >= 11 is 0. The lowest BCUT2D eigenvalue weighted by Crippen LogP contribution is -2.41. The first-order valence-corrected chi connectivity index (χ1v) is 7.18. The van der Waals surface area contributed by atoms with Gasteiger partial charge in [0.2, 0.25) is 0 Å². The maximum atomic E-state index is 3.99. The van der Waals surface area contributed by atoms with Crippen molar-refractivity contribution >= 4 is 0 Å². The standard InChI is InChI=1S/C14H25N/c1-2-4-6-13(5-3-1)15-14-10-11-7-8-12(14)9-11/h11-15H,1-10H2/t11-,12-,14-/m0/s1. The highest BCUT2D eigenvalue weighted by Crippen LogP contribution is 2.44. The van der Waals surface area contributed by atoms with Crippen LogP contribution in [-0.2, 0) is 0 Å². The number of hydrogen-bond donors (Lipinski definition) is 1. The molecule has 0 radical (unpaired) electrons. The van der Waals surface area contributed by atoms with E-state index in [2.05, 4.69) is 5.32 Å². The van der Waals surface area contributed by atoms with Crippen LogP contribution in [0, 0.1) is 11.8 Å². The summed E-state index contributed by atoms with van der Waals surface area (Å²) in [5, 5.41) is 3.99. The quantitative estimate of drug-likeness (QED) is 0.684. The fourth-order valence-corrected chi connectivity index (χ4v) is 4.20. The fraction of sp³-hybridized carbons (Fsp3) is 1.00. The molecular formula is C14H25N. The first-order chi connectivity index (χ1) is 7.42. The van der Waals surface area contributed by atoms with E-state index in [4.69, 9.17) is 0 Å². The number of nitrogens with one attached hydrogen (secondary N) is 1. The smallest absolute Gasteiger partial charge is 0.0101 e. The molecule has 0 aromatic rings. The summed E-state index contributed by atoms with van der Waals surface area (Å²) in [6.45, 7) is 0. The van der Waals surface area contributed by atoms with E-state index < -0.39 is 0 Å². The van der Waals surface area contributed by atoms with Crippen molar-refractivity contribution in [1.82, 2.24) is 5.32 Å². The van der Waals surface area contributed by atoms with Crippen LogP contribution in [0.5, 0.6) is 0 Å². The molecule has 2 bridgehead atoms. The van der Waals surface area contributed by atoms with Crippen molar-refractivity contribution < 1.29 is 0 Å². The second kappa shape index (κ2) is 4.45. The lowest BCUT2D eigenvalue weighted by molar-refractivity contribution is 0.303. The van der Waals surface area contributed by atoms with Gasteiger partial charge in [-0.1, -0.05) is 32.1 Å². The molecule has 3 aliphatic carbocycles. The first kappa shape index (κ1) is 10.1. The van der Waals surface area contributed by atoms with Crippen LogP contribution in [0.15, 0.2) is 0 Å². The second-order valence-corrected chi connectivity index (χ2v) is 6.14. The monoisotopic (exact) mass is 207 g/mol. The molecule has 0 aliphatic heterocycles. The largest absolute Gasteiger partial charge is 0.311 e. The van der Waals surface area contributed by atoms with Crippen LogP contribution in [0.2, 0.25) is 0 Å². The van der Waals surface area contributed by atoms with Gasteiger partial charge in [0, 0.05) is 12.1 Å². The molecule has 0 unspecified atom stereocenters. The topological polar surface area (TPSA) is 12.0 Å². The first-order valence-electron chi connectivity index (χ1n) is 7.18. The SMILES string of the molecule is C1CCCC(N[C@H]2C[C@H]3CC[C@H]2C3)CC1. The van der Waals surface area contributed by atoms with Crippen molar-refractivity contribution in [3.63, 3.8) is 0 Å². The van der Waals surface area contributed by atoms with E-state index in [1.807, 2.05) is 0 Å². The third kappa shape index (κ3) is 2.22. The van der Waals surface area contributed by atoms with E-state index in [0.29, 0.717) is 0 Å². The van der Waals surface area contributed by atoms with Crippen molar-refractivity contribution in [1.29, 1.82) is 0 Å². The minimum absolute atomic E-state index is 0.872. The van der Waals surface area contributed by atoms with Gasteiger partial charge in [0.25, 0.3) is 0 Å². The Hall–Kier alpha value is -0.0400. The van der Waals surface area contributed by atoms with E-state index in [1.54, 1.807) is 6.42 Å². The molecule has 0 spiro atoms. The molecule has 3 saturated carbocycles. The fourth-order valence-electron chi connectivity index (χ4n) is 4.20. The Morgan fingerprint density at radius 3 is 2.13 bits per heavy atom. The second-order valence-electron chi connectivity index (χ2n) is 6.14. The van der Waals surface area contributed by atoms with Gasteiger partial charge in [-0.05, 0) is 43.9 Å². The summed E-state index contributed by atoms with van der Waals surface area (Å²) in [5.41, 5.74) is 0. The Labute approximate surface area is 94.0 Å². The molecule has 3 aliphatic rings. The summed E-state index contributed by atoms with van der Waals surface area (Å²) in [4.78, 5) is 0. The molecule has 0 saturated heterocycles. The van der Waals surface area contributed by atoms with Crippen molar-refractivity contribution in [2.45, 2.75) is 76.3 Å². The number of hydrogen-bond acceptors (Lipinski definition) is 1. The van der Waals surface area contributed by atoms with E-state index in [-0.39, 0.29) is 0 Å². The van der Waals surface area contributed by atoms with Gasteiger partial charge in [0.15, 0.2) is 0 Å². The van der Waals surface area contributed by atoms with Crippen LogP contribution in [-0.4, -0.2) is 12.1 Å². The van der Waals surface area contributed by atoms with Crippen LogP contribution in [0.25, 0.3) is 0 Å². The van der Waals surface area contributed by atoms with Gasteiger partial charge in [0.05, 0.1) is 0 Å². The molecule has 3 rings (SSSR count). The molecule has 1 heteroatoms. The molecule has 3 atom stereocenters. The Balaban J connectivity index is 1.51. The third-order valence-corrected chi connectivity index (χ3v) is 5.04. The molecule has 1 N–H and O–H groups in total. The van der Waals surface area contributed by atoms with E-state index in [9.17, 15) is 0 Å². The lowest BCUT2D eigenvalue weighted by Gasteiger charge is -2.28. The number of fused-ring (bicyclic) bond motifs is 2. The van der Waals surface area contributed by atoms with E-state index in [1.165, 1.54) is 57.8 Å². The van der Waals surface area contributed by atoms with E-state index in [0.717, 1.165) is 23.9 Å². The molecular weight excluding hydrogens is 182 g/mol. The predicted molar refractivity (Wildman–Crippen MR) is 63.9 cm³/mol. The zero-order chi connectivity index (χ0) is 10.1. The summed E-state index contributed by atoms with van der Waals surface area (Å²) in [6.07, 6.45) is 14.9. The van der Waals surface area contributed by atoms with Gasteiger partial charge >= 0.3 is 0 Å². The number of rotatable bonds is 2. The molecule has 86 valence electrons. The van der Waals surface area contributed by atoms with Gasteiger partial charge in [-0.3, -0.25) is 0 Å². The molecule has 15 heavy (non-hydrogen) atoms. The molecule has 1 nitrogen and oxygen atoms in total. The van der Waals surface area contributed by atoms with Gasteiger partial charge in [0.1, 0.15) is 0 Å². The zero-order valence-electron chi connectivity index (χ0n) is 9.88. The van der Waals surface area contributed by atoms with Gasteiger partial charge in [-0.2, -0.15) is 0 Å². The van der Waals surface area contributed by atoms with Gasteiger partial charge < -0.3 is 5.32 Å². The van der Waals surface area contributed by atoms with Gasteiger partial charge in [-0.25, -0.2) is 0 Å². The summed E-state index contributed by atoms with van der Waals surface area (Å²) in [5.74, 6) is 2.15. The molecule has 0 aromatic carbocycles. The summed E-state index contributed by atoms with van der Waals surface area (Å²) < 4.78 is 0. The maximum Gasteiger partial charge on any atom is 0.0101 e. The van der Waals surface area contributed by atoms with Crippen LogP contribution >= 0.6 is 0 Å². The molecule has 0 heterocycles. The average molecular weight is 207 g/mol. The van der Waals surface area contributed by atoms with E-state index >= 15 is 0 Å². The van der Waals surface area contributed by atoms with Crippen molar-refractivity contribution in [2.24, 2.45) is 11.8 Å². The normalized spacial score (nSPS) is 42.0. The van der Waals surface area contributed by atoms with Crippen molar-refractivity contribution in [3.8, 4) is 0 Å². The Kier molecular flexibility index (Phi) is 3.01. The highest BCUT2D eigenvalue weighted by Gasteiger charge is 2.39. The minimum atomic E-state index is 0.872. The van der Waals surface area contributed by atoms with Crippen LogP contribution in [0.1, 0.15) is 64.2 Å². The van der Waals surface area contributed by atoms with Crippen molar-refractivity contribution in [2.75, 3.05) is 0 Å². The average Bonchev–Trinajstić information content (AvgIpc) is 2.75.